The van der Waals surface area contributed by atoms with Crippen molar-refractivity contribution in [3.05, 3.63) is 17.1 Å². The Labute approximate surface area is 321 Å². The average molecular weight is 770 g/mol. The maximum Gasteiger partial charge on any atom is 0.319 e. The molecule has 3 rings (SSSR count). The van der Waals surface area contributed by atoms with Crippen LogP contribution in [0.15, 0.2) is 11.1 Å². The molecule has 10 nitrogen and oxygen atoms in total. The first-order chi connectivity index (χ1) is 22.1. The van der Waals surface area contributed by atoms with Crippen LogP contribution in [0.2, 0.25) is 0 Å². The van der Waals surface area contributed by atoms with E-state index in [0.717, 1.165) is 23.5 Å². The van der Waals surface area contributed by atoms with E-state index in [4.69, 9.17) is 28.4 Å². The van der Waals surface area contributed by atoms with Crippen LogP contribution in [0.25, 0.3) is 0 Å². The van der Waals surface area contributed by atoms with Crippen LogP contribution in [0, 0.1) is 29.1 Å². The third-order valence-corrected chi connectivity index (χ3v) is 11.7. The van der Waals surface area contributed by atoms with E-state index in [1.165, 1.54) is 0 Å². The summed E-state index contributed by atoms with van der Waals surface area (Å²) in [6.07, 6.45) is -2.16. The van der Waals surface area contributed by atoms with Crippen molar-refractivity contribution in [3.63, 3.8) is 0 Å². The minimum Gasteiger partial charge on any atom is -0.458 e. The molecule has 3 aliphatic rings. The van der Waals surface area contributed by atoms with Crippen LogP contribution in [-0.2, 0) is 70.7 Å². The van der Waals surface area contributed by atoms with Crippen LogP contribution >= 0.6 is 0 Å². The van der Waals surface area contributed by atoms with E-state index in [-0.39, 0.29) is 75.7 Å². The third-order valence-electron chi connectivity index (χ3n) is 11.7. The summed E-state index contributed by atoms with van der Waals surface area (Å²) in [6, 6.07) is 0.0172. The van der Waals surface area contributed by atoms with E-state index >= 15 is 0 Å². The summed E-state index contributed by atoms with van der Waals surface area (Å²) in [7, 11) is 5.69. The van der Waals surface area contributed by atoms with Gasteiger partial charge in [-0.1, -0.05) is 27.7 Å². The molecule has 0 spiro atoms. The van der Waals surface area contributed by atoms with Crippen LogP contribution in [0.3, 0.4) is 0 Å². The Kier molecular flexibility index (Phi) is 16.2. The zero-order chi connectivity index (χ0) is 36.5. The standard InChI is InChI=1S/C38H66NO9.Y/c1-16-29-38(12,42)33-26(7)25(6)21(2)18-37(11,45-20-23(4)22(3)19-44-33)32(27(8)31(40)36(9,10)35(41)47-29)48-34-30(43-15)28(39(13)14)17-24(5)46-34;/h21,24,26-30,32-34,42H,16-20H2,1-15H3;/q-1;/b23-22+;/t21-,24-,26+,27+,28+,29-,30-,32-,33-,34+,37+,38-;/m1./s1. The molecule has 0 aliphatic carbocycles. The van der Waals surface area contributed by atoms with Gasteiger partial charge in [-0.3, -0.25) is 9.59 Å². The van der Waals surface area contributed by atoms with Crippen molar-refractivity contribution in [2.45, 2.75) is 156 Å². The van der Waals surface area contributed by atoms with E-state index in [9.17, 15) is 14.7 Å². The molecule has 2 bridgehead atoms. The third kappa shape index (κ3) is 9.63. The second-order valence-corrected chi connectivity index (χ2v) is 16.2. The predicted molar refractivity (Wildman–Crippen MR) is 185 cm³/mol. The smallest absolute Gasteiger partial charge is 0.319 e. The van der Waals surface area contributed by atoms with Gasteiger partial charge in [-0.05, 0) is 93.0 Å². The quantitative estimate of drug-likeness (QED) is 0.166. The van der Waals surface area contributed by atoms with Crippen LogP contribution in [0.1, 0.15) is 102 Å². The van der Waals surface area contributed by atoms with Gasteiger partial charge in [0.2, 0.25) is 0 Å². The second-order valence-electron chi connectivity index (χ2n) is 16.2. The van der Waals surface area contributed by atoms with Crippen molar-refractivity contribution in [2.24, 2.45) is 23.2 Å². The first-order valence-electron chi connectivity index (χ1n) is 17.9. The fraction of sp³-hybridized carbons (Fsp3) is 0.868. The number of Topliss-reactive ketones (excluding diaryl/α,β-unsaturated/α-hetero) is 1. The number of cyclic esters (lactones) is 1. The molecular formula is C38H66NO9Y-. The summed E-state index contributed by atoms with van der Waals surface area (Å²) >= 11 is 0. The molecule has 3 heterocycles. The molecule has 0 amide bonds. The first-order valence-corrected chi connectivity index (χ1v) is 17.9. The summed E-state index contributed by atoms with van der Waals surface area (Å²) < 4.78 is 39.1. The predicted octanol–water partition coefficient (Wildman–Crippen LogP) is 5.53. The van der Waals surface area contributed by atoms with Gasteiger partial charge >= 0.3 is 5.97 Å². The molecule has 1 radical (unpaired) electrons. The van der Waals surface area contributed by atoms with Gasteiger partial charge in [0.05, 0.1) is 37.1 Å². The van der Waals surface area contributed by atoms with Crippen molar-refractivity contribution in [1.29, 1.82) is 0 Å². The van der Waals surface area contributed by atoms with Crippen LogP contribution in [-0.4, -0.2) is 110 Å². The van der Waals surface area contributed by atoms with Gasteiger partial charge in [-0.2, -0.15) is 12.8 Å². The molecule has 12 atom stereocenters. The van der Waals surface area contributed by atoms with Gasteiger partial charge in [0.25, 0.3) is 0 Å². The molecule has 0 aromatic rings. The monoisotopic (exact) mass is 769 g/mol. The van der Waals surface area contributed by atoms with Crippen molar-refractivity contribution in [1.82, 2.24) is 4.90 Å². The number of likely N-dealkylation sites (N-methyl/N-ethyl adjacent to an activating group) is 1. The summed E-state index contributed by atoms with van der Waals surface area (Å²) in [5.74, 6) is -0.982. The van der Waals surface area contributed by atoms with Gasteiger partial charge in [-0.25, -0.2) is 0 Å². The fourth-order valence-corrected chi connectivity index (χ4v) is 7.99. The van der Waals surface area contributed by atoms with Gasteiger partial charge < -0.3 is 44.3 Å². The molecule has 0 saturated carbocycles. The minimum atomic E-state index is -1.55. The number of esters is 1. The summed E-state index contributed by atoms with van der Waals surface area (Å²) in [6.45, 7) is 23.4. The largest absolute Gasteiger partial charge is 0.458 e. The number of aliphatic hydroxyl groups is 1. The Hall–Kier alpha value is -0.296. The average Bonchev–Trinajstić information content (AvgIpc) is 3.01. The second kappa shape index (κ2) is 17.7. The number of rotatable bonds is 5. The molecule has 0 aromatic heterocycles. The molecule has 1 N–H and O–H groups in total. The molecule has 281 valence electrons. The van der Waals surface area contributed by atoms with Gasteiger partial charge in [0, 0.05) is 51.8 Å². The maximum absolute atomic E-state index is 14.6. The number of carbonyl (C=O) groups excluding carboxylic acids is 2. The van der Waals surface area contributed by atoms with E-state index in [2.05, 4.69) is 25.7 Å². The normalized spacial score (nSPS) is 43.4. The fourth-order valence-electron chi connectivity index (χ4n) is 7.99. The number of hydrogen-bond acceptors (Lipinski definition) is 10. The molecular weight excluding hydrogens is 703 g/mol. The zero-order valence-electron chi connectivity index (χ0n) is 33.0. The number of nitrogens with zero attached hydrogens (tertiary/aromatic N) is 1. The number of fused-ring (bicyclic) bond motifs is 5. The van der Waals surface area contributed by atoms with Crippen molar-refractivity contribution in [2.75, 3.05) is 34.4 Å². The van der Waals surface area contributed by atoms with E-state index in [1.54, 1.807) is 27.9 Å². The number of carbonyl (C=O) groups is 2. The van der Waals surface area contributed by atoms with Crippen molar-refractivity contribution in [3.8, 4) is 0 Å². The number of hydrogen-bond donors (Lipinski definition) is 1. The van der Waals surface area contributed by atoms with E-state index in [0.29, 0.717) is 12.8 Å². The van der Waals surface area contributed by atoms with Crippen LogP contribution < -0.4 is 0 Å². The van der Waals surface area contributed by atoms with E-state index < -0.39 is 59.2 Å². The molecule has 0 aromatic carbocycles. The summed E-state index contributed by atoms with van der Waals surface area (Å²) in [4.78, 5) is 30.8. The minimum absolute atomic E-state index is 0. The van der Waals surface area contributed by atoms with Crippen molar-refractivity contribution >= 4 is 11.8 Å². The molecule has 49 heavy (non-hydrogen) atoms. The van der Waals surface area contributed by atoms with Crippen LogP contribution in [0.4, 0.5) is 0 Å². The molecule has 11 heteroatoms. The van der Waals surface area contributed by atoms with Gasteiger partial charge in [-0.15, -0.1) is 5.92 Å². The summed E-state index contributed by atoms with van der Waals surface area (Å²) in [5.41, 5.74) is -2.14. The Bertz CT molecular complexity index is 1160. The number of ketones is 1. The van der Waals surface area contributed by atoms with Gasteiger partial charge in [0.1, 0.15) is 23.2 Å². The molecule has 2 fully saturated rings. The summed E-state index contributed by atoms with van der Waals surface area (Å²) in [5, 5.41) is 12.2. The van der Waals surface area contributed by atoms with Crippen LogP contribution in [0.5, 0.6) is 0 Å². The molecule has 3 aliphatic heterocycles. The van der Waals surface area contributed by atoms with E-state index in [1.807, 2.05) is 55.6 Å². The maximum atomic E-state index is 14.6. The topological polar surface area (TPSA) is 113 Å². The number of methoxy groups -OCH3 is 1. The Balaban J connectivity index is 0.00000833. The van der Waals surface area contributed by atoms with Crippen molar-refractivity contribution < 1.29 is 75.8 Å². The molecule has 2 saturated heterocycles. The Morgan fingerprint density at radius 3 is 2.16 bits per heavy atom. The SMILES string of the molecule is CC[C@H]1OC(=O)C(C)(C)C(=O)[C@H](C)[C@@H](O[C@@H]2O[C@H](C)C[C@H](N(C)C)[C@H]2OC)[C@]2(C)C[C@@H](C)[C-](C)[C@H](C)[C@@H](OC/C(C)=C(\C)CO2)[C@]1(C)O.[Y]. The Morgan fingerprint density at radius 1 is 1.02 bits per heavy atom. The molecule has 0 unspecified atom stereocenters. The Morgan fingerprint density at radius 2 is 1.61 bits per heavy atom. The van der Waals surface area contributed by atoms with Gasteiger partial charge in [0.15, 0.2) is 12.1 Å². The first kappa shape index (κ1) is 44.9. The zero-order valence-corrected chi connectivity index (χ0v) is 35.9. The number of ether oxygens (including phenoxy) is 6.